The van der Waals surface area contributed by atoms with Crippen molar-refractivity contribution in [2.24, 2.45) is 0 Å². The third-order valence-corrected chi connectivity index (χ3v) is 8.51. The summed E-state index contributed by atoms with van der Waals surface area (Å²) in [4.78, 5) is 12.9. The highest BCUT2D eigenvalue weighted by atomic mass is 32.2. The predicted octanol–water partition coefficient (Wildman–Crippen LogP) is 3.43. The van der Waals surface area contributed by atoms with Crippen LogP contribution in [-0.2, 0) is 27.7 Å². The molecular weight excluding hydrogens is 462 g/mol. The van der Waals surface area contributed by atoms with E-state index in [0.29, 0.717) is 36.5 Å². The highest BCUT2D eigenvalue weighted by Crippen LogP contribution is 2.30. The number of sulfonamides is 1. The van der Waals surface area contributed by atoms with Crippen molar-refractivity contribution in [1.29, 1.82) is 0 Å². The standard InChI is InChI=1S/C21H26F2N2O5S2/c1-29-17-7-5-15(13-18(17)30-21(22)23)9-10-24-19(26)14-16-6-8-20(31-16)32(27,28)25-11-3-2-4-12-25/h5-8,13,21H,2-4,9-12,14H2,1H3,(H,24,26). The van der Waals surface area contributed by atoms with Gasteiger partial charge in [-0.1, -0.05) is 12.5 Å². The van der Waals surface area contributed by atoms with E-state index >= 15 is 0 Å². The van der Waals surface area contributed by atoms with Crippen LogP contribution in [0.4, 0.5) is 8.78 Å². The summed E-state index contributed by atoms with van der Waals surface area (Å²) in [6, 6.07) is 7.91. The summed E-state index contributed by atoms with van der Waals surface area (Å²) in [5, 5.41) is 2.77. The first kappa shape index (κ1) is 24.4. The SMILES string of the molecule is COc1ccc(CCNC(=O)Cc2ccc(S(=O)(=O)N3CCCCC3)s2)cc1OC(F)F. The number of ether oxygens (including phenoxy) is 2. The minimum absolute atomic E-state index is 0.0626. The molecule has 0 spiro atoms. The number of nitrogens with zero attached hydrogens (tertiary/aromatic N) is 1. The molecular formula is C21H26F2N2O5S2. The number of piperidine rings is 1. The quantitative estimate of drug-likeness (QED) is 0.554. The molecule has 1 aromatic carbocycles. The molecule has 0 aliphatic carbocycles. The topological polar surface area (TPSA) is 84.9 Å². The van der Waals surface area contributed by atoms with E-state index in [0.717, 1.165) is 30.6 Å². The van der Waals surface area contributed by atoms with E-state index in [1.807, 2.05) is 0 Å². The number of methoxy groups -OCH3 is 1. The van der Waals surface area contributed by atoms with Gasteiger partial charge in [-0.2, -0.15) is 13.1 Å². The largest absolute Gasteiger partial charge is 0.493 e. The summed E-state index contributed by atoms with van der Waals surface area (Å²) in [6.07, 6.45) is 3.25. The first-order valence-corrected chi connectivity index (χ1v) is 12.5. The van der Waals surface area contributed by atoms with Gasteiger partial charge in [-0.25, -0.2) is 8.42 Å². The first-order valence-electron chi connectivity index (χ1n) is 10.3. The van der Waals surface area contributed by atoms with E-state index in [-0.39, 0.29) is 28.0 Å². The minimum Gasteiger partial charge on any atom is -0.493 e. The van der Waals surface area contributed by atoms with Crippen molar-refractivity contribution >= 4 is 27.3 Å². The number of rotatable bonds is 10. The smallest absolute Gasteiger partial charge is 0.387 e. The highest BCUT2D eigenvalue weighted by Gasteiger charge is 2.27. The number of amides is 1. The van der Waals surface area contributed by atoms with E-state index in [1.165, 1.54) is 23.5 Å². The zero-order valence-electron chi connectivity index (χ0n) is 17.7. The van der Waals surface area contributed by atoms with Crippen LogP contribution in [0.3, 0.4) is 0 Å². The Labute approximate surface area is 190 Å². The molecule has 0 bridgehead atoms. The van der Waals surface area contributed by atoms with Crippen LogP contribution in [0, 0.1) is 0 Å². The van der Waals surface area contributed by atoms with Crippen LogP contribution in [0.25, 0.3) is 0 Å². The third-order valence-electron chi connectivity index (χ3n) is 5.06. The van der Waals surface area contributed by atoms with Gasteiger partial charge in [0.05, 0.1) is 13.5 Å². The van der Waals surface area contributed by atoms with Crippen molar-refractivity contribution in [3.8, 4) is 11.5 Å². The fourth-order valence-corrected chi connectivity index (χ4v) is 6.48. The maximum atomic E-state index is 12.7. The third kappa shape index (κ3) is 6.39. The average Bonchev–Trinajstić information content (AvgIpc) is 3.23. The summed E-state index contributed by atoms with van der Waals surface area (Å²) in [5.41, 5.74) is 0.702. The molecule has 7 nitrogen and oxygen atoms in total. The van der Waals surface area contributed by atoms with Gasteiger partial charge in [0, 0.05) is 24.5 Å². The molecule has 1 aromatic heterocycles. The number of nitrogens with one attached hydrogen (secondary N) is 1. The molecule has 1 aliphatic heterocycles. The predicted molar refractivity (Wildman–Crippen MR) is 117 cm³/mol. The number of hydrogen-bond acceptors (Lipinski definition) is 6. The second kappa shape index (κ2) is 11.1. The molecule has 1 saturated heterocycles. The van der Waals surface area contributed by atoms with Gasteiger partial charge in [-0.15, -0.1) is 11.3 Å². The Kier molecular flexibility index (Phi) is 8.44. The van der Waals surface area contributed by atoms with Gasteiger partial charge in [0.15, 0.2) is 11.5 Å². The Morgan fingerprint density at radius 2 is 1.91 bits per heavy atom. The van der Waals surface area contributed by atoms with Crippen LogP contribution in [0.15, 0.2) is 34.5 Å². The molecule has 1 aliphatic rings. The average molecular weight is 489 g/mol. The van der Waals surface area contributed by atoms with Crippen molar-refractivity contribution in [3.63, 3.8) is 0 Å². The number of hydrogen-bond donors (Lipinski definition) is 1. The van der Waals surface area contributed by atoms with E-state index in [2.05, 4.69) is 10.1 Å². The molecule has 0 atom stereocenters. The Morgan fingerprint density at radius 3 is 2.59 bits per heavy atom. The Morgan fingerprint density at radius 1 is 1.16 bits per heavy atom. The summed E-state index contributed by atoms with van der Waals surface area (Å²) >= 11 is 1.11. The maximum absolute atomic E-state index is 12.7. The maximum Gasteiger partial charge on any atom is 0.387 e. The van der Waals surface area contributed by atoms with Crippen LogP contribution in [0.2, 0.25) is 0 Å². The van der Waals surface area contributed by atoms with Crippen LogP contribution in [-0.4, -0.2) is 52.0 Å². The van der Waals surface area contributed by atoms with Gasteiger partial charge in [-0.05, 0) is 49.1 Å². The van der Waals surface area contributed by atoms with Crippen molar-refractivity contribution < 1.29 is 31.5 Å². The molecule has 3 rings (SSSR count). The lowest BCUT2D eigenvalue weighted by molar-refractivity contribution is -0.120. The molecule has 1 N–H and O–H groups in total. The van der Waals surface area contributed by atoms with Gasteiger partial charge >= 0.3 is 6.61 Å². The second-order valence-corrected chi connectivity index (χ2v) is 10.7. The lowest BCUT2D eigenvalue weighted by Crippen LogP contribution is -2.35. The zero-order valence-corrected chi connectivity index (χ0v) is 19.3. The first-order chi connectivity index (χ1) is 15.3. The Bertz CT molecular complexity index is 1020. The summed E-state index contributed by atoms with van der Waals surface area (Å²) in [5.74, 6) is -0.107. The van der Waals surface area contributed by atoms with Crippen LogP contribution in [0.1, 0.15) is 29.7 Å². The van der Waals surface area contributed by atoms with Gasteiger partial charge < -0.3 is 14.8 Å². The Hall–Kier alpha value is -2.24. The molecule has 32 heavy (non-hydrogen) atoms. The lowest BCUT2D eigenvalue weighted by Gasteiger charge is -2.25. The summed E-state index contributed by atoms with van der Waals surface area (Å²) < 4.78 is 61.8. The molecule has 11 heteroatoms. The van der Waals surface area contributed by atoms with Crippen molar-refractivity contribution in [2.75, 3.05) is 26.7 Å². The van der Waals surface area contributed by atoms with E-state index in [4.69, 9.17) is 4.74 Å². The lowest BCUT2D eigenvalue weighted by atomic mass is 10.1. The number of benzene rings is 1. The molecule has 176 valence electrons. The second-order valence-electron chi connectivity index (χ2n) is 7.33. The van der Waals surface area contributed by atoms with E-state index < -0.39 is 16.6 Å². The van der Waals surface area contributed by atoms with Crippen molar-refractivity contribution in [1.82, 2.24) is 9.62 Å². The van der Waals surface area contributed by atoms with Gasteiger partial charge in [0.2, 0.25) is 5.91 Å². The molecule has 0 saturated carbocycles. The zero-order chi connectivity index (χ0) is 23.1. The molecule has 0 unspecified atom stereocenters. The number of alkyl halides is 2. The molecule has 2 aromatic rings. The van der Waals surface area contributed by atoms with E-state index in [1.54, 1.807) is 18.2 Å². The fraction of sp³-hybridized carbons (Fsp3) is 0.476. The molecule has 0 radical (unpaired) electrons. The highest BCUT2D eigenvalue weighted by molar-refractivity contribution is 7.91. The molecule has 1 fully saturated rings. The molecule has 2 heterocycles. The minimum atomic E-state index is -3.50. The normalized spacial score (nSPS) is 15.0. The van der Waals surface area contributed by atoms with Crippen molar-refractivity contribution in [3.05, 3.63) is 40.8 Å². The Balaban J connectivity index is 1.51. The van der Waals surface area contributed by atoms with Crippen LogP contribution >= 0.6 is 11.3 Å². The van der Waals surface area contributed by atoms with Gasteiger partial charge in [-0.3, -0.25) is 4.79 Å². The number of thiophene rings is 1. The van der Waals surface area contributed by atoms with Crippen molar-refractivity contribution in [2.45, 2.75) is 42.9 Å². The van der Waals surface area contributed by atoms with Crippen LogP contribution in [0.5, 0.6) is 11.5 Å². The monoisotopic (exact) mass is 488 g/mol. The number of halogens is 2. The summed E-state index contributed by atoms with van der Waals surface area (Å²) in [6.45, 7) is -1.60. The molecule has 1 amide bonds. The van der Waals surface area contributed by atoms with E-state index in [9.17, 15) is 22.0 Å². The fourth-order valence-electron chi connectivity index (χ4n) is 3.46. The van der Waals surface area contributed by atoms with Gasteiger partial charge in [0.25, 0.3) is 10.0 Å². The number of carbonyl (C=O) groups is 1. The summed E-state index contributed by atoms with van der Waals surface area (Å²) in [7, 11) is -2.14. The van der Waals surface area contributed by atoms with Crippen LogP contribution < -0.4 is 14.8 Å². The van der Waals surface area contributed by atoms with Gasteiger partial charge in [0.1, 0.15) is 4.21 Å². The number of carbonyl (C=O) groups excluding carboxylic acids is 1.